The van der Waals surface area contributed by atoms with E-state index >= 15 is 0 Å². The first kappa shape index (κ1) is 20.2. The van der Waals surface area contributed by atoms with Crippen molar-refractivity contribution in [3.05, 3.63) is 58.8 Å². The number of nitrogens with one attached hydrogen (secondary N) is 1. The number of furan rings is 1. The van der Waals surface area contributed by atoms with Crippen LogP contribution in [0.15, 0.2) is 52.0 Å². The summed E-state index contributed by atoms with van der Waals surface area (Å²) in [6.45, 7) is 1.39. The fourth-order valence-electron chi connectivity index (χ4n) is 2.49. The molecule has 0 aliphatic carbocycles. The molecule has 3 rings (SSSR count). The Labute approximate surface area is 170 Å². The van der Waals surface area contributed by atoms with Gasteiger partial charge in [-0.15, -0.1) is 0 Å². The molecule has 29 heavy (non-hydrogen) atoms. The Bertz CT molecular complexity index is 1090. The number of carbonyl (C=O) groups is 2. The lowest BCUT2D eigenvalue weighted by molar-refractivity contribution is -0.144. The fourth-order valence-corrected chi connectivity index (χ4v) is 2.67. The van der Waals surface area contributed by atoms with Gasteiger partial charge < -0.3 is 19.0 Å². The number of rotatable bonds is 7. The minimum atomic E-state index is -1.13. The minimum Gasteiger partial charge on any atom is -0.493 e. The van der Waals surface area contributed by atoms with Crippen molar-refractivity contribution >= 4 is 40.7 Å². The standard InChI is InChI=1S/C20H17ClN2O6/c1-11(20(25)26)28-18-12(4-3-5-16(18)27-2)10-22-23-19(24)17-9-13-8-14(21)6-7-15(13)29-17/h3-11H,1-2H3,(H,23,24)(H,25,26)/b22-10-/t11-/m1/s1. The number of para-hydroxylation sites is 1. The molecule has 0 radical (unpaired) electrons. The average Bonchev–Trinajstić information content (AvgIpc) is 3.12. The van der Waals surface area contributed by atoms with Gasteiger partial charge in [-0.3, -0.25) is 4.79 Å². The summed E-state index contributed by atoms with van der Waals surface area (Å²) >= 11 is 5.93. The van der Waals surface area contributed by atoms with E-state index in [2.05, 4.69) is 10.5 Å². The molecule has 0 aliphatic heterocycles. The maximum absolute atomic E-state index is 12.3. The van der Waals surface area contributed by atoms with Gasteiger partial charge in [-0.05, 0) is 43.3 Å². The predicted molar refractivity (Wildman–Crippen MR) is 107 cm³/mol. The molecule has 0 spiro atoms. The SMILES string of the molecule is COc1cccc(/C=N\NC(=O)c2cc3cc(Cl)ccc3o2)c1O[C@H](C)C(=O)O. The van der Waals surface area contributed by atoms with Gasteiger partial charge >= 0.3 is 11.9 Å². The van der Waals surface area contributed by atoms with Gasteiger partial charge in [0.1, 0.15) is 5.58 Å². The number of carbonyl (C=O) groups excluding carboxylic acids is 1. The molecule has 1 amide bonds. The van der Waals surface area contributed by atoms with Crippen molar-refractivity contribution < 1.29 is 28.6 Å². The molecule has 2 N–H and O–H groups in total. The van der Waals surface area contributed by atoms with E-state index in [1.807, 2.05) is 0 Å². The molecule has 2 aromatic carbocycles. The molecular weight excluding hydrogens is 400 g/mol. The second-order valence-corrected chi connectivity index (χ2v) is 6.41. The molecule has 0 aliphatic rings. The average molecular weight is 417 g/mol. The second-order valence-electron chi connectivity index (χ2n) is 5.97. The van der Waals surface area contributed by atoms with Crippen molar-refractivity contribution in [2.24, 2.45) is 5.10 Å². The maximum Gasteiger partial charge on any atom is 0.344 e. The second kappa shape index (κ2) is 8.66. The third-order valence-corrected chi connectivity index (χ3v) is 4.18. The number of halogens is 1. The highest BCUT2D eigenvalue weighted by atomic mass is 35.5. The topological polar surface area (TPSA) is 110 Å². The van der Waals surface area contributed by atoms with E-state index in [0.717, 1.165) is 0 Å². The summed E-state index contributed by atoms with van der Waals surface area (Å²) < 4.78 is 16.1. The van der Waals surface area contributed by atoms with Crippen LogP contribution in [0.1, 0.15) is 23.0 Å². The van der Waals surface area contributed by atoms with E-state index in [9.17, 15) is 9.59 Å². The Balaban J connectivity index is 1.78. The van der Waals surface area contributed by atoms with Crippen molar-refractivity contribution in [1.82, 2.24) is 5.43 Å². The molecule has 1 heterocycles. The number of carboxylic acid groups (broad SMARTS) is 1. The summed E-state index contributed by atoms with van der Waals surface area (Å²) in [5.41, 5.74) is 3.30. The summed E-state index contributed by atoms with van der Waals surface area (Å²) in [5.74, 6) is -1.08. The highest BCUT2D eigenvalue weighted by molar-refractivity contribution is 6.31. The number of benzene rings is 2. The third-order valence-electron chi connectivity index (χ3n) is 3.94. The number of hydrazone groups is 1. The van der Waals surface area contributed by atoms with Gasteiger partial charge in [0.05, 0.1) is 13.3 Å². The van der Waals surface area contributed by atoms with Crippen LogP contribution < -0.4 is 14.9 Å². The van der Waals surface area contributed by atoms with Crippen LogP contribution in [0.2, 0.25) is 5.02 Å². The van der Waals surface area contributed by atoms with Gasteiger partial charge in [-0.2, -0.15) is 5.10 Å². The van der Waals surface area contributed by atoms with E-state index in [1.54, 1.807) is 42.5 Å². The fraction of sp³-hybridized carbons (Fsp3) is 0.150. The lowest BCUT2D eigenvalue weighted by Gasteiger charge is -2.15. The Hall–Kier alpha value is -3.52. The van der Waals surface area contributed by atoms with Gasteiger partial charge in [0, 0.05) is 16.0 Å². The summed E-state index contributed by atoms with van der Waals surface area (Å²) in [6.07, 6.45) is 0.222. The van der Waals surface area contributed by atoms with Gasteiger partial charge in [0.25, 0.3) is 0 Å². The molecule has 0 fully saturated rings. The van der Waals surface area contributed by atoms with Crippen LogP contribution >= 0.6 is 11.6 Å². The Morgan fingerprint density at radius 1 is 1.28 bits per heavy atom. The Morgan fingerprint density at radius 3 is 2.79 bits per heavy atom. The number of ether oxygens (including phenoxy) is 2. The molecule has 9 heteroatoms. The Kier molecular flexibility index (Phi) is 6.04. The van der Waals surface area contributed by atoms with Crippen molar-refractivity contribution in [3.8, 4) is 11.5 Å². The number of carboxylic acids is 1. The lowest BCUT2D eigenvalue weighted by atomic mass is 10.2. The molecular formula is C20H17ClN2O6. The Morgan fingerprint density at radius 2 is 2.07 bits per heavy atom. The van der Waals surface area contributed by atoms with Crippen LogP contribution in [-0.2, 0) is 4.79 Å². The third kappa shape index (κ3) is 4.67. The van der Waals surface area contributed by atoms with Crippen LogP contribution in [-0.4, -0.2) is 36.4 Å². The number of methoxy groups -OCH3 is 1. The number of amides is 1. The number of hydrogen-bond acceptors (Lipinski definition) is 6. The summed E-state index contributed by atoms with van der Waals surface area (Å²) in [4.78, 5) is 23.4. The summed E-state index contributed by atoms with van der Waals surface area (Å²) in [7, 11) is 1.43. The van der Waals surface area contributed by atoms with E-state index < -0.39 is 18.0 Å². The number of hydrogen-bond donors (Lipinski definition) is 2. The zero-order valence-corrected chi connectivity index (χ0v) is 16.3. The summed E-state index contributed by atoms with van der Waals surface area (Å²) in [6, 6.07) is 11.5. The van der Waals surface area contributed by atoms with Gasteiger partial charge in [0.2, 0.25) is 0 Å². The van der Waals surface area contributed by atoms with E-state index in [1.165, 1.54) is 20.2 Å². The minimum absolute atomic E-state index is 0.0704. The maximum atomic E-state index is 12.3. The molecule has 0 saturated heterocycles. The first-order valence-electron chi connectivity index (χ1n) is 8.48. The highest BCUT2D eigenvalue weighted by Gasteiger charge is 2.18. The van der Waals surface area contributed by atoms with Gasteiger partial charge in [0.15, 0.2) is 23.4 Å². The first-order chi connectivity index (χ1) is 13.9. The van der Waals surface area contributed by atoms with E-state index in [-0.39, 0.29) is 11.5 Å². The largest absolute Gasteiger partial charge is 0.493 e. The summed E-state index contributed by atoms with van der Waals surface area (Å²) in [5, 5.41) is 14.2. The molecule has 1 aromatic heterocycles. The number of nitrogens with zero attached hydrogens (tertiary/aromatic N) is 1. The molecule has 8 nitrogen and oxygen atoms in total. The van der Waals surface area contributed by atoms with E-state index in [4.69, 9.17) is 30.6 Å². The number of aliphatic carboxylic acids is 1. The molecule has 3 aromatic rings. The quantitative estimate of drug-likeness (QED) is 0.448. The van der Waals surface area contributed by atoms with Crippen LogP contribution in [0.4, 0.5) is 0 Å². The smallest absolute Gasteiger partial charge is 0.344 e. The van der Waals surface area contributed by atoms with Crippen LogP contribution in [0.5, 0.6) is 11.5 Å². The normalized spacial score (nSPS) is 12.1. The molecule has 150 valence electrons. The van der Waals surface area contributed by atoms with Gasteiger partial charge in [-0.1, -0.05) is 17.7 Å². The molecule has 0 unspecified atom stereocenters. The first-order valence-corrected chi connectivity index (χ1v) is 8.86. The van der Waals surface area contributed by atoms with Crippen LogP contribution in [0, 0.1) is 0 Å². The highest BCUT2D eigenvalue weighted by Crippen LogP contribution is 2.31. The molecule has 0 bridgehead atoms. The van der Waals surface area contributed by atoms with Crippen molar-refractivity contribution in [2.45, 2.75) is 13.0 Å². The van der Waals surface area contributed by atoms with Crippen molar-refractivity contribution in [1.29, 1.82) is 0 Å². The predicted octanol–water partition coefficient (Wildman–Crippen LogP) is 3.71. The monoisotopic (exact) mass is 416 g/mol. The van der Waals surface area contributed by atoms with Crippen LogP contribution in [0.3, 0.4) is 0 Å². The van der Waals surface area contributed by atoms with Crippen molar-refractivity contribution in [3.63, 3.8) is 0 Å². The molecule has 1 atom stereocenters. The lowest BCUT2D eigenvalue weighted by Crippen LogP contribution is -2.23. The van der Waals surface area contributed by atoms with Gasteiger partial charge in [-0.25, -0.2) is 10.2 Å². The zero-order valence-electron chi connectivity index (χ0n) is 15.5. The van der Waals surface area contributed by atoms with E-state index in [0.29, 0.717) is 27.3 Å². The zero-order chi connectivity index (χ0) is 21.0. The van der Waals surface area contributed by atoms with Crippen molar-refractivity contribution in [2.75, 3.05) is 7.11 Å². The molecule has 0 saturated carbocycles. The number of fused-ring (bicyclic) bond motifs is 1. The van der Waals surface area contributed by atoms with Crippen LogP contribution in [0.25, 0.3) is 11.0 Å².